The van der Waals surface area contributed by atoms with Gasteiger partial charge in [-0.2, -0.15) is 0 Å². The summed E-state index contributed by atoms with van der Waals surface area (Å²) in [5.41, 5.74) is 7.52. The number of piperidine rings is 1. The Kier molecular flexibility index (Phi) is 6.04. The van der Waals surface area contributed by atoms with E-state index in [1.165, 1.54) is 0 Å². The normalized spacial score (nSPS) is 16.8. The molecule has 1 saturated heterocycles. The number of carbonyl (C=O) groups excluding carboxylic acids is 1. The fourth-order valence-electron chi connectivity index (χ4n) is 3.43. The van der Waals surface area contributed by atoms with Crippen LogP contribution in [0.5, 0.6) is 5.75 Å². The number of fused-ring (bicyclic) bond motifs is 1. The Hall–Kier alpha value is -2.50. The summed E-state index contributed by atoms with van der Waals surface area (Å²) in [6.45, 7) is 1.55. The highest BCUT2D eigenvalue weighted by Gasteiger charge is 2.28. The molecule has 27 heavy (non-hydrogen) atoms. The van der Waals surface area contributed by atoms with Gasteiger partial charge in [0.1, 0.15) is 17.9 Å². The van der Waals surface area contributed by atoms with Gasteiger partial charge < -0.3 is 19.8 Å². The first-order valence-corrected chi connectivity index (χ1v) is 8.95. The molecule has 0 saturated carbocycles. The van der Waals surface area contributed by atoms with Crippen LogP contribution in [0.3, 0.4) is 0 Å². The molecule has 1 fully saturated rings. The topological polar surface area (TPSA) is 68.7 Å². The highest BCUT2D eigenvalue weighted by Crippen LogP contribution is 2.29. The Balaban J connectivity index is 0.00000210. The van der Waals surface area contributed by atoms with Crippen LogP contribution in [0.15, 0.2) is 59.0 Å². The van der Waals surface area contributed by atoms with Gasteiger partial charge >= 0.3 is 0 Å². The third-order valence-corrected chi connectivity index (χ3v) is 4.76. The van der Waals surface area contributed by atoms with E-state index in [0.717, 1.165) is 29.5 Å². The third kappa shape index (κ3) is 4.10. The number of rotatable bonds is 4. The van der Waals surface area contributed by atoms with Crippen LogP contribution in [0.2, 0.25) is 0 Å². The molecule has 1 atom stereocenters. The van der Waals surface area contributed by atoms with Crippen LogP contribution in [-0.4, -0.2) is 29.9 Å². The number of benzene rings is 2. The second-order valence-electron chi connectivity index (χ2n) is 6.66. The van der Waals surface area contributed by atoms with Gasteiger partial charge in [-0.3, -0.25) is 4.79 Å². The number of hydrogen-bond donors (Lipinski definition) is 1. The summed E-state index contributed by atoms with van der Waals surface area (Å²) in [7, 11) is 0. The summed E-state index contributed by atoms with van der Waals surface area (Å²) in [5, 5.41) is 0.910. The van der Waals surface area contributed by atoms with Crippen molar-refractivity contribution in [2.24, 2.45) is 5.73 Å². The van der Waals surface area contributed by atoms with E-state index in [1.54, 1.807) is 4.90 Å². The first kappa shape index (κ1) is 19.3. The lowest BCUT2D eigenvalue weighted by molar-refractivity contribution is 0.0675. The number of likely N-dealkylation sites (tertiary alicyclic amines) is 1. The maximum atomic E-state index is 13.1. The van der Waals surface area contributed by atoms with E-state index in [9.17, 15) is 4.79 Å². The predicted octanol–water partition coefficient (Wildman–Crippen LogP) is 4.00. The van der Waals surface area contributed by atoms with Crippen LogP contribution in [0.4, 0.5) is 0 Å². The van der Waals surface area contributed by atoms with Crippen LogP contribution >= 0.6 is 12.4 Å². The molecule has 4 rings (SSSR count). The number of nitrogens with zero attached hydrogens (tertiary/aromatic N) is 1. The van der Waals surface area contributed by atoms with E-state index < -0.39 is 0 Å². The molecule has 5 nitrogen and oxygen atoms in total. The van der Waals surface area contributed by atoms with Crippen molar-refractivity contribution >= 4 is 29.3 Å². The summed E-state index contributed by atoms with van der Waals surface area (Å²) < 4.78 is 11.8. The van der Waals surface area contributed by atoms with E-state index in [0.29, 0.717) is 24.4 Å². The lowest BCUT2D eigenvalue weighted by atomic mass is 10.1. The predicted molar refractivity (Wildman–Crippen MR) is 107 cm³/mol. The molecule has 2 N–H and O–H groups in total. The first-order valence-electron chi connectivity index (χ1n) is 8.95. The van der Waals surface area contributed by atoms with E-state index >= 15 is 0 Å². The van der Waals surface area contributed by atoms with Crippen LogP contribution in [0.1, 0.15) is 29.0 Å². The number of furan rings is 1. The quantitative estimate of drug-likeness (QED) is 0.735. The lowest BCUT2D eigenvalue weighted by Gasteiger charge is -2.30. The molecule has 6 heteroatoms. The maximum Gasteiger partial charge on any atom is 0.290 e. The van der Waals surface area contributed by atoms with Crippen molar-refractivity contribution in [1.29, 1.82) is 0 Å². The Morgan fingerprint density at radius 3 is 2.67 bits per heavy atom. The van der Waals surface area contributed by atoms with E-state index in [1.807, 2.05) is 54.6 Å². The van der Waals surface area contributed by atoms with Crippen LogP contribution in [0, 0.1) is 0 Å². The number of carbonyl (C=O) groups is 1. The van der Waals surface area contributed by atoms with Crippen LogP contribution < -0.4 is 10.5 Å². The minimum absolute atomic E-state index is 0. The van der Waals surface area contributed by atoms with Crippen molar-refractivity contribution in [2.45, 2.75) is 25.5 Å². The van der Waals surface area contributed by atoms with Gasteiger partial charge in [0.05, 0.1) is 0 Å². The molecule has 2 heterocycles. The molecule has 0 bridgehead atoms. The summed E-state index contributed by atoms with van der Waals surface area (Å²) in [6.07, 6.45) is 1.87. The average molecular weight is 387 g/mol. The Morgan fingerprint density at radius 1 is 1.15 bits per heavy atom. The minimum Gasteiger partial charge on any atom is -0.489 e. The second-order valence-corrected chi connectivity index (χ2v) is 6.66. The summed E-state index contributed by atoms with van der Waals surface area (Å²) in [6, 6.07) is 17.3. The number of ether oxygens (including phenoxy) is 1. The summed E-state index contributed by atoms with van der Waals surface area (Å²) in [4.78, 5) is 14.9. The maximum absolute atomic E-state index is 13.1. The van der Waals surface area contributed by atoms with E-state index in [-0.39, 0.29) is 31.0 Å². The highest BCUT2D eigenvalue weighted by atomic mass is 35.5. The van der Waals surface area contributed by atoms with Crippen LogP contribution in [-0.2, 0) is 6.61 Å². The van der Waals surface area contributed by atoms with Crippen molar-refractivity contribution in [3.05, 3.63) is 65.9 Å². The van der Waals surface area contributed by atoms with E-state index in [2.05, 4.69) is 0 Å². The van der Waals surface area contributed by atoms with Gasteiger partial charge in [-0.15, -0.1) is 12.4 Å². The zero-order valence-corrected chi connectivity index (χ0v) is 15.8. The molecule has 2 aromatic carbocycles. The standard InChI is InChI=1S/C21H22N2O3.ClH/c22-15-7-6-12-23(13-15)21(24)20-18(14-25-16-8-2-1-3-9-16)17-10-4-5-11-19(17)26-20;/h1-5,8-11,15H,6-7,12-14,22H2;1H. The zero-order valence-electron chi connectivity index (χ0n) is 15.0. The van der Waals surface area contributed by atoms with Crippen molar-refractivity contribution in [1.82, 2.24) is 4.90 Å². The number of nitrogens with two attached hydrogens (primary N) is 1. The molecule has 142 valence electrons. The smallest absolute Gasteiger partial charge is 0.290 e. The third-order valence-electron chi connectivity index (χ3n) is 4.76. The molecule has 0 radical (unpaired) electrons. The molecule has 1 aliphatic heterocycles. The molecular formula is C21H23ClN2O3. The van der Waals surface area contributed by atoms with Crippen molar-refractivity contribution in [3.63, 3.8) is 0 Å². The largest absolute Gasteiger partial charge is 0.489 e. The fourth-order valence-corrected chi connectivity index (χ4v) is 3.43. The second kappa shape index (κ2) is 8.46. The van der Waals surface area contributed by atoms with Gasteiger partial charge in [0, 0.05) is 30.1 Å². The minimum atomic E-state index is -0.108. The first-order chi connectivity index (χ1) is 12.7. The molecule has 1 amide bonds. The van der Waals surface area contributed by atoms with Gasteiger partial charge in [0.2, 0.25) is 0 Å². The molecular weight excluding hydrogens is 364 g/mol. The number of halogens is 1. The molecule has 1 unspecified atom stereocenters. The van der Waals surface area contributed by atoms with Gasteiger partial charge in [-0.05, 0) is 31.0 Å². The van der Waals surface area contributed by atoms with Crippen molar-refractivity contribution < 1.29 is 13.9 Å². The average Bonchev–Trinajstić information content (AvgIpc) is 3.05. The Labute approximate surface area is 164 Å². The monoisotopic (exact) mass is 386 g/mol. The van der Waals surface area contributed by atoms with Gasteiger partial charge in [0.15, 0.2) is 5.76 Å². The lowest BCUT2D eigenvalue weighted by Crippen LogP contribution is -2.45. The van der Waals surface area contributed by atoms with Crippen molar-refractivity contribution in [3.8, 4) is 5.75 Å². The molecule has 3 aromatic rings. The molecule has 1 aliphatic rings. The number of para-hydroxylation sites is 2. The highest BCUT2D eigenvalue weighted by molar-refractivity contribution is 5.99. The molecule has 0 spiro atoms. The summed E-state index contributed by atoms with van der Waals surface area (Å²) >= 11 is 0. The molecule has 1 aromatic heterocycles. The Bertz CT molecular complexity index is 910. The SMILES string of the molecule is Cl.NC1CCCN(C(=O)c2oc3ccccc3c2COc2ccccc2)C1. The van der Waals surface area contributed by atoms with Gasteiger partial charge in [-0.25, -0.2) is 0 Å². The zero-order chi connectivity index (χ0) is 17.9. The van der Waals surface area contributed by atoms with Crippen molar-refractivity contribution in [2.75, 3.05) is 13.1 Å². The summed E-state index contributed by atoms with van der Waals surface area (Å²) in [5.74, 6) is 1.01. The number of hydrogen-bond acceptors (Lipinski definition) is 4. The Morgan fingerprint density at radius 2 is 1.89 bits per heavy atom. The molecule has 0 aliphatic carbocycles. The fraction of sp³-hybridized carbons (Fsp3) is 0.286. The van der Waals surface area contributed by atoms with Gasteiger partial charge in [0.25, 0.3) is 5.91 Å². The number of amides is 1. The van der Waals surface area contributed by atoms with E-state index in [4.69, 9.17) is 14.9 Å². The van der Waals surface area contributed by atoms with Crippen LogP contribution in [0.25, 0.3) is 11.0 Å². The van der Waals surface area contributed by atoms with Gasteiger partial charge in [-0.1, -0.05) is 36.4 Å².